The van der Waals surface area contributed by atoms with Crippen molar-refractivity contribution in [2.24, 2.45) is 5.41 Å². The van der Waals surface area contributed by atoms with E-state index in [-0.39, 0.29) is 12.6 Å². The molecule has 1 unspecified atom stereocenters. The second-order valence-corrected chi connectivity index (χ2v) is 6.24. The fourth-order valence-electron chi connectivity index (χ4n) is 2.95. The van der Waals surface area contributed by atoms with Crippen molar-refractivity contribution in [2.75, 3.05) is 25.0 Å². The molecule has 2 amide bonds. The van der Waals surface area contributed by atoms with Crippen LogP contribution in [0, 0.1) is 5.41 Å². The molecule has 1 atom stereocenters. The number of carbonyl (C=O) groups excluding carboxylic acids is 1. The summed E-state index contributed by atoms with van der Waals surface area (Å²) in [6, 6.07) is 5.37. The molecule has 0 aliphatic carbocycles. The Bertz CT molecular complexity index is 616. The molecule has 0 spiro atoms. The number of carboxylic acids is 1. The highest BCUT2D eigenvalue weighted by Crippen LogP contribution is 2.31. The second kappa shape index (κ2) is 5.51. The van der Waals surface area contributed by atoms with E-state index in [0.29, 0.717) is 13.0 Å². The van der Waals surface area contributed by atoms with Gasteiger partial charge in [0.1, 0.15) is 5.75 Å². The summed E-state index contributed by atoms with van der Waals surface area (Å²) in [4.78, 5) is 25.1. The van der Waals surface area contributed by atoms with Gasteiger partial charge >= 0.3 is 12.0 Å². The third-order valence-corrected chi connectivity index (χ3v) is 4.44. The molecule has 2 N–H and O–H groups in total. The Labute approximate surface area is 129 Å². The smallest absolute Gasteiger partial charge is 0.321 e. The lowest BCUT2D eigenvalue weighted by molar-refractivity contribution is -0.146. The van der Waals surface area contributed by atoms with Gasteiger partial charge in [0.05, 0.1) is 12.0 Å². The lowest BCUT2D eigenvalue weighted by Crippen LogP contribution is -2.37. The summed E-state index contributed by atoms with van der Waals surface area (Å²) in [7, 11) is 0. The molecule has 1 aromatic carbocycles. The van der Waals surface area contributed by atoms with E-state index in [0.717, 1.165) is 36.4 Å². The molecule has 1 fully saturated rings. The molecule has 0 bridgehead atoms. The number of anilines is 1. The van der Waals surface area contributed by atoms with E-state index in [1.165, 1.54) is 0 Å². The molecular weight excluding hydrogens is 284 g/mol. The SMILES string of the molecule is CC1(C(=O)O)CCN(C(=O)Nc2ccc3c(c2)CCCO3)C1. The van der Waals surface area contributed by atoms with Gasteiger partial charge in [0.15, 0.2) is 0 Å². The number of hydrogen-bond donors (Lipinski definition) is 2. The van der Waals surface area contributed by atoms with Crippen molar-refractivity contribution >= 4 is 17.7 Å². The minimum atomic E-state index is -0.853. The zero-order chi connectivity index (χ0) is 15.7. The number of amides is 2. The highest BCUT2D eigenvalue weighted by Gasteiger charge is 2.42. The van der Waals surface area contributed by atoms with Crippen LogP contribution in [0.1, 0.15) is 25.3 Å². The monoisotopic (exact) mass is 304 g/mol. The molecule has 1 aromatic rings. The Hall–Kier alpha value is -2.24. The number of likely N-dealkylation sites (tertiary alicyclic amines) is 1. The third kappa shape index (κ3) is 2.73. The summed E-state index contributed by atoms with van der Waals surface area (Å²) in [6.07, 6.45) is 2.40. The van der Waals surface area contributed by atoms with Crippen LogP contribution in [0.3, 0.4) is 0 Å². The second-order valence-electron chi connectivity index (χ2n) is 6.24. The van der Waals surface area contributed by atoms with Gasteiger partial charge in [-0.25, -0.2) is 4.79 Å². The zero-order valence-electron chi connectivity index (χ0n) is 12.6. The lowest BCUT2D eigenvalue weighted by atomic mass is 9.90. The number of carboxylic acid groups (broad SMARTS) is 1. The standard InChI is InChI=1S/C16H20N2O4/c1-16(14(19)20)6-7-18(10-16)15(21)17-12-4-5-13-11(9-12)3-2-8-22-13/h4-5,9H,2-3,6-8,10H2,1H3,(H,17,21)(H,19,20). The van der Waals surface area contributed by atoms with Crippen LogP contribution in [-0.4, -0.2) is 41.7 Å². The van der Waals surface area contributed by atoms with Crippen LogP contribution in [0.5, 0.6) is 5.75 Å². The first kappa shape index (κ1) is 14.7. The lowest BCUT2D eigenvalue weighted by Gasteiger charge is -2.21. The normalized spacial score (nSPS) is 23.6. The quantitative estimate of drug-likeness (QED) is 0.879. The minimum Gasteiger partial charge on any atom is -0.493 e. The Morgan fingerprint density at radius 1 is 1.41 bits per heavy atom. The maximum absolute atomic E-state index is 12.3. The zero-order valence-corrected chi connectivity index (χ0v) is 12.6. The molecule has 0 aromatic heterocycles. The van der Waals surface area contributed by atoms with E-state index in [2.05, 4.69) is 5.32 Å². The van der Waals surface area contributed by atoms with Crippen LogP contribution in [0.25, 0.3) is 0 Å². The van der Waals surface area contributed by atoms with Gasteiger partial charge in [-0.05, 0) is 49.9 Å². The number of urea groups is 1. The summed E-state index contributed by atoms with van der Waals surface area (Å²) in [5, 5.41) is 12.1. The summed E-state index contributed by atoms with van der Waals surface area (Å²) in [5.41, 5.74) is 0.972. The van der Waals surface area contributed by atoms with Crippen molar-refractivity contribution in [3.63, 3.8) is 0 Å². The van der Waals surface area contributed by atoms with Crippen molar-refractivity contribution in [3.05, 3.63) is 23.8 Å². The molecule has 6 heteroatoms. The van der Waals surface area contributed by atoms with E-state index in [4.69, 9.17) is 4.74 Å². The van der Waals surface area contributed by atoms with Gasteiger partial charge in [-0.1, -0.05) is 0 Å². The molecule has 2 aliphatic heterocycles. The molecular formula is C16H20N2O4. The minimum absolute atomic E-state index is 0.238. The van der Waals surface area contributed by atoms with Gasteiger partial charge in [-0.3, -0.25) is 4.79 Å². The number of aryl methyl sites for hydroxylation is 1. The predicted molar refractivity (Wildman–Crippen MR) is 81.2 cm³/mol. The van der Waals surface area contributed by atoms with E-state index in [1.807, 2.05) is 18.2 Å². The number of rotatable bonds is 2. The van der Waals surface area contributed by atoms with Gasteiger partial charge in [0, 0.05) is 18.8 Å². The largest absolute Gasteiger partial charge is 0.493 e. The number of hydrogen-bond acceptors (Lipinski definition) is 3. The van der Waals surface area contributed by atoms with Crippen molar-refractivity contribution in [1.29, 1.82) is 0 Å². The molecule has 0 saturated carbocycles. The fourth-order valence-corrected chi connectivity index (χ4v) is 2.95. The molecule has 2 heterocycles. The topological polar surface area (TPSA) is 78.9 Å². The summed E-state index contributed by atoms with van der Waals surface area (Å²) in [5.74, 6) is 0.0256. The predicted octanol–water partition coefficient (Wildman–Crippen LogP) is 2.34. The Morgan fingerprint density at radius 3 is 2.95 bits per heavy atom. The van der Waals surface area contributed by atoms with Crippen molar-refractivity contribution in [2.45, 2.75) is 26.2 Å². The first-order chi connectivity index (χ1) is 10.5. The van der Waals surface area contributed by atoms with Crippen molar-refractivity contribution in [3.8, 4) is 5.75 Å². The highest BCUT2D eigenvalue weighted by atomic mass is 16.5. The van der Waals surface area contributed by atoms with E-state index in [9.17, 15) is 14.7 Å². The number of nitrogens with zero attached hydrogens (tertiary/aromatic N) is 1. The van der Waals surface area contributed by atoms with Crippen LogP contribution >= 0.6 is 0 Å². The van der Waals surface area contributed by atoms with Crippen molar-refractivity contribution < 1.29 is 19.4 Å². The highest BCUT2D eigenvalue weighted by molar-refractivity contribution is 5.90. The van der Waals surface area contributed by atoms with Crippen LogP contribution in [0.4, 0.5) is 10.5 Å². The summed E-state index contributed by atoms with van der Waals surface area (Å²) >= 11 is 0. The van der Waals surface area contributed by atoms with Crippen LogP contribution < -0.4 is 10.1 Å². The molecule has 0 radical (unpaired) electrons. The molecule has 118 valence electrons. The Morgan fingerprint density at radius 2 is 2.23 bits per heavy atom. The van der Waals surface area contributed by atoms with Gasteiger partial charge in [0.2, 0.25) is 0 Å². The van der Waals surface area contributed by atoms with Gasteiger partial charge in [-0.2, -0.15) is 0 Å². The van der Waals surface area contributed by atoms with E-state index in [1.54, 1.807) is 11.8 Å². The van der Waals surface area contributed by atoms with Crippen LogP contribution in [0.2, 0.25) is 0 Å². The number of fused-ring (bicyclic) bond motifs is 1. The number of aliphatic carboxylic acids is 1. The third-order valence-electron chi connectivity index (χ3n) is 4.44. The number of nitrogens with one attached hydrogen (secondary N) is 1. The van der Waals surface area contributed by atoms with E-state index >= 15 is 0 Å². The maximum atomic E-state index is 12.3. The molecule has 6 nitrogen and oxygen atoms in total. The summed E-state index contributed by atoms with van der Waals surface area (Å²) < 4.78 is 5.55. The van der Waals surface area contributed by atoms with E-state index < -0.39 is 11.4 Å². The summed E-state index contributed by atoms with van der Waals surface area (Å²) in [6.45, 7) is 3.12. The first-order valence-corrected chi connectivity index (χ1v) is 7.53. The number of carbonyl (C=O) groups is 2. The van der Waals surface area contributed by atoms with Gasteiger partial charge < -0.3 is 20.1 Å². The molecule has 22 heavy (non-hydrogen) atoms. The number of benzene rings is 1. The maximum Gasteiger partial charge on any atom is 0.321 e. The molecule has 1 saturated heterocycles. The van der Waals surface area contributed by atoms with Gasteiger partial charge in [0.25, 0.3) is 0 Å². The average Bonchev–Trinajstić information content (AvgIpc) is 2.91. The number of ether oxygens (including phenoxy) is 1. The molecule has 3 rings (SSSR count). The average molecular weight is 304 g/mol. The first-order valence-electron chi connectivity index (χ1n) is 7.53. The van der Waals surface area contributed by atoms with Gasteiger partial charge in [-0.15, -0.1) is 0 Å². The molecule has 2 aliphatic rings. The van der Waals surface area contributed by atoms with Crippen LogP contribution in [0.15, 0.2) is 18.2 Å². The van der Waals surface area contributed by atoms with Crippen molar-refractivity contribution in [1.82, 2.24) is 4.90 Å². The fraction of sp³-hybridized carbons (Fsp3) is 0.500. The Balaban J connectivity index is 1.66. The Kier molecular flexibility index (Phi) is 3.68. The van der Waals surface area contributed by atoms with Crippen LogP contribution in [-0.2, 0) is 11.2 Å².